The fourth-order valence-corrected chi connectivity index (χ4v) is 3.20. The molecule has 0 saturated heterocycles. The Morgan fingerprint density at radius 3 is 2.76 bits per heavy atom. The number of benzene rings is 1. The lowest BCUT2D eigenvalue weighted by atomic mass is 9.83. The van der Waals surface area contributed by atoms with E-state index in [0.29, 0.717) is 24.3 Å². The number of hydrogen-bond acceptors (Lipinski definition) is 5. The molecule has 2 unspecified atom stereocenters. The fourth-order valence-electron chi connectivity index (χ4n) is 3.20. The van der Waals surface area contributed by atoms with E-state index in [-0.39, 0.29) is 5.69 Å². The Labute approximate surface area is 125 Å². The van der Waals surface area contributed by atoms with Gasteiger partial charge in [0.25, 0.3) is 0 Å². The number of anilines is 1. The Balaban J connectivity index is 2.26. The summed E-state index contributed by atoms with van der Waals surface area (Å²) in [5.41, 5.74) is 6.82. The van der Waals surface area contributed by atoms with Crippen molar-refractivity contribution in [1.82, 2.24) is 0 Å². The van der Waals surface area contributed by atoms with E-state index >= 15 is 0 Å². The van der Waals surface area contributed by atoms with Gasteiger partial charge in [0.2, 0.25) is 0 Å². The molecule has 1 aromatic rings. The van der Waals surface area contributed by atoms with Crippen LogP contribution in [0.5, 0.6) is 5.75 Å². The second-order valence-electron chi connectivity index (χ2n) is 5.57. The monoisotopic (exact) mass is 293 g/mol. The highest BCUT2D eigenvalue weighted by Crippen LogP contribution is 2.35. The van der Waals surface area contributed by atoms with Crippen LogP contribution in [0, 0.1) is 16.0 Å². The largest absolute Gasteiger partial charge is 0.490 e. The standard InChI is InChI=1S/C15H23N3O3/c1-17(13-6-4-3-5-11(13)10-16)12-7-8-14(18(19)20)15(9-12)21-2/h7-9,11,13H,3-6,10,16H2,1-2H3. The minimum absolute atomic E-state index is 0.00586. The van der Waals surface area contributed by atoms with E-state index in [9.17, 15) is 10.1 Å². The molecule has 2 atom stereocenters. The summed E-state index contributed by atoms with van der Waals surface area (Å²) in [6, 6.07) is 5.41. The van der Waals surface area contributed by atoms with Crippen LogP contribution in [0.3, 0.4) is 0 Å². The average molecular weight is 293 g/mol. The number of ether oxygens (including phenoxy) is 1. The Kier molecular flexibility index (Phi) is 5.01. The van der Waals surface area contributed by atoms with Crippen LogP contribution in [0.25, 0.3) is 0 Å². The van der Waals surface area contributed by atoms with Crippen molar-refractivity contribution in [2.45, 2.75) is 31.7 Å². The van der Waals surface area contributed by atoms with E-state index < -0.39 is 4.92 Å². The summed E-state index contributed by atoms with van der Waals surface area (Å²) in [7, 11) is 3.48. The predicted octanol–water partition coefficient (Wildman–Crippen LogP) is 2.56. The summed E-state index contributed by atoms with van der Waals surface area (Å²) < 4.78 is 5.14. The van der Waals surface area contributed by atoms with Gasteiger partial charge in [-0.2, -0.15) is 0 Å². The molecule has 1 aliphatic carbocycles. The first-order chi connectivity index (χ1) is 10.1. The number of nitro groups is 1. The molecule has 0 aliphatic heterocycles. The number of hydrogen-bond donors (Lipinski definition) is 1. The van der Waals surface area contributed by atoms with E-state index in [0.717, 1.165) is 18.5 Å². The van der Waals surface area contributed by atoms with E-state index in [1.807, 2.05) is 7.05 Å². The number of methoxy groups -OCH3 is 1. The van der Waals surface area contributed by atoms with Crippen LogP contribution in [0.1, 0.15) is 25.7 Å². The van der Waals surface area contributed by atoms with Gasteiger partial charge in [-0.15, -0.1) is 0 Å². The van der Waals surface area contributed by atoms with Gasteiger partial charge in [-0.05, 0) is 31.4 Å². The zero-order valence-corrected chi connectivity index (χ0v) is 12.6. The maximum Gasteiger partial charge on any atom is 0.311 e. The molecule has 1 aliphatic rings. The van der Waals surface area contributed by atoms with Gasteiger partial charge >= 0.3 is 5.69 Å². The molecule has 1 fully saturated rings. The quantitative estimate of drug-likeness (QED) is 0.666. The molecule has 1 saturated carbocycles. The molecule has 0 spiro atoms. The predicted molar refractivity (Wildman–Crippen MR) is 82.9 cm³/mol. The van der Waals surface area contributed by atoms with Crippen LogP contribution < -0.4 is 15.4 Å². The van der Waals surface area contributed by atoms with Crippen molar-refractivity contribution in [2.24, 2.45) is 11.7 Å². The normalized spacial score (nSPS) is 21.9. The Morgan fingerprint density at radius 1 is 1.43 bits per heavy atom. The maximum atomic E-state index is 11.0. The van der Waals surface area contributed by atoms with Gasteiger partial charge in [-0.1, -0.05) is 12.8 Å². The third-order valence-corrected chi connectivity index (χ3v) is 4.44. The lowest BCUT2D eigenvalue weighted by Crippen LogP contribution is -2.43. The van der Waals surface area contributed by atoms with Gasteiger partial charge in [0.05, 0.1) is 12.0 Å². The molecule has 0 heterocycles. The zero-order chi connectivity index (χ0) is 15.4. The lowest BCUT2D eigenvalue weighted by Gasteiger charge is -2.38. The summed E-state index contributed by atoms with van der Waals surface area (Å²) in [5.74, 6) is 0.773. The van der Waals surface area contributed by atoms with Crippen LogP contribution in [0.4, 0.5) is 11.4 Å². The van der Waals surface area contributed by atoms with Gasteiger partial charge in [-0.25, -0.2) is 0 Å². The first-order valence-corrected chi connectivity index (χ1v) is 7.33. The van der Waals surface area contributed by atoms with Crippen molar-refractivity contribution in [3.63, 3.8) is 0 Å². The van der Waals surface area contributed by atoms with E-state index in [1.165, 1.54) is 26.0 Å². The van der Waals surface area contributed by atoms with Crippen molar-refractivity contribution in [2.75, 3.05) is 25.6 Å². The number of nitrogens with two attached hydrogens (primary N) is 1. The Morgan fingerprint density at radius 2 is 2.14 bits per heavy atom. The molecule has 2 N–H and O–H groups in total. The summed E-state index contributed by atoms with van der Waals surface area (Å²) in [6.45, 7) is 0.680. The van der Waals surface area contributed by atoms with Gasteiger partial charge in [0.15, 0.2) is 5.75 Å². The number of nitrogens with zero attached hydrogens (tertiary/aromatic N) is 2. The smallest absolute Gasteiger partial charge is 0.311 e. The Bertz CT molecular complexity index is 507. The second kappa shape index (κ2) is 6.76. The summed E-state index contributed by atoms with van der Waals surface area (Å²) >= 11 is 0. The molecule has 116 valence electrons. The minimum Gasteiger partial charge on any atom is -0.490 e. The first-order valence-electron chi connectivity index (χ1n) is 7.33. The highest BCUT2D eigenvalue weighted by atomic mass is 16.6. The topological polar surface area (TPSA) is 81.6 Å². The third-order valence-electron chi connectivity index (χ3n) is 4.44. The lowest BCUT2D eigenvalue weighted by molar-refractivity contribution is -0.385. The van der Waals surface area contributed by atoms with Gasteiger partial charge in [0, 0.05) is 30.9 Å². The summed E-state index contributed by atoms with van der Waals surface area (Å²) in [6.07, 6.45) is 4.69. The van der Waals surface area contributed by atoms with Crippen LogP contribution >= 0.6 is 0 Å². The van der Waals surface area contributed by atoms with Crippen molar-refractivity contribution in [3.05, 3.63) is 28.3 Å². The molecule has 6 heteroatoms. The van der Waals surface area contributed by atoms with Crippen LogP contribution in [0.15, 0.2) is 18.2 Å². The average Bonchev–Trinajstić information content (AvgIpc) is 2.53. The fraction of sp³-hybridized carbons (Fsp3) is 0.600. The van der Waals surface area contributed by atoms with E-state index in [4.69, 9.17) is 10.5 Å². The molecular weight excluding hydrogens is 270 g/mol. The van der Waals surface area contributed by atoms with Crippen LogP contribution in [0.2, 0.25) is 0 Å². The van der Waals surface area contributed by atoms with Gasteiger partial charge in [0.1, 0.15) is 0 Å². The molecule has 21 heavy (non-hydrogen) atoms. The van der Waals surface area contributed by atoms with Crippen molar-refractivity contribution >= 4 is 11.4 Å². The molecule has 0 amide bonds. The highest BCUT2D eigenvalue weighted by Gasteiger charge is 2.28. The van der Waals surface area contributed by atoms with Crippen molar-refractivity contribution < 1.29 is 9.66 Å². The molecule has 0 aromatic heterocycles. The van der Waals surface area contributed by atoms with Crippen molar-refractivity contribution in [1.29, 1.82) is 0 Å². The Hall–Kier alpha value is -1.82. The molecule has 2 rings (SSSR count). The summed E-state index contributed by atoms with van der Waals surface area (Å²) in [5, 5.41) is 11.0. The SMILES string of the molecule is COc1cc(N(C)C2CCCCC2CN)ccc1[N+](=O)[O-]. The van der Waals surface area contributed by atoms with E-state index in [2.05, 4.69) is 4.90 Å². The number of nitro benzene ring substituents is 1. The molecule has 0 radical (unpaired) electrons. The molecule has 1 aromatic carbocycles. The highest BCUT2D eigenvalue weighted by molar-refractivity contribution is 5.59. The third kappa shape index (κ3) is 3.26. The van der Waals surface area contributed by atoms with E-state index in [1.54, 1.807) is 12.1 Å². The molecule has 6 nitrogen and oxygen atoms in total. The van der Waals surface area contributed by atoms with Crippen molar-refractivity contribution in [3.8, 4) is 5.75 Å². The second-order valence-corrected chi connectivity index (χ2v) is 5.57. The van der Waals surface area contributed by atoms with Crippen LogP contribution in [-0.2, 0) is 0 Å². The van der Waals surface area contributed by atoms with Gasteiger partial charge in [-0.3, -0.25) is 10.1 Å². The van der Waals surface area contributed by atoms with Gasteiger partial charge < -0.3 is 15.4 Å². The zero-order valence-electron chi connectivity index (χ0n) is 12.6. The summed E-state index contributed by atoms with van der Waals surface area (Å²) in [4.78, 5) is 12.7. The first kappa shape index (κ1) is 15.6. The maximum absolute atomic E-state index is 11.0. The molecule has 0 bridgehead atoms. The minimum atomic E-state index is -0.425. The van der Waals surface area contributed by atoms with Crippen LogP contribution in [-0.4, -0.2) is 31.7 Å². The molecular formula is C15H23N3O3. The number of rotatable bonds is 5.